The average molecular weight is 558 g/mol. The van der Waals surface area contributed by atoms with Gasteiger partial charge in [-0.3, -0.25) is 19.9 Å². The number of fused-ring (bicyclic) bond motifs is 1. The Hall–Kier alpha value is -3.50. The lowest BCUT2D eigenvalue weighted by Crippen LogP contribution is -2.41. The molecule has 2 heterocycles. The van der Waals surface area contributed by atoms with Crippen molar-refractivity contribution in [3.05, 3.63) is 77.2 Å². The minimum Gasteiger partial charge on any atom is -0.555 e. The van der Waals surface area contributed by atoms with Crippen LogP contribution < -0.4 is 0 Å². The molecule has 3 aromatic rings. The van der Waals surface area contributed by atoms with E-state index in [1.165, 1.54) is 12.4 Å². The largest absolute Gasteiger partial charge is 0.555 e. The summed E-state index contributed by atoms with van der Waals surface area (Å²) in [7, 11) is 1.56. The van der Waals surface area contributed by atoms with E-state index in [1.807, 2.05) is 42.1 Å². The summed E-state index contributed by atoms with van der Waals surface area (Å²) in [6, 6.07) is 14.9. The van der Waals surface area contributed by atoms with E-state index < -0.39 is 8.32 Å². The molecule has 2 atom stereocenters. The summed E-state index contributed by atoms with van der Waals surface area (Å²) in [5.74, 6) is -0.00316. The molecule has 0 fully saturated rings. The Morgan fingerprint density at radius 2 is 1.65 bits per heavy atom. The van der Waals surface area contributed by atoms with Crippen LogP contribution in [0.5, 0.6) is 0 Å². The number of carbonyl (C=O) groups is 2. The third kappa shape index (κ3) is 6.13. The number of hydrogen-bond donors (Lipinski definition) is 1. The summed E-state index contributed by atoms with van der Waals surface area (Å²) in [5, 5.41) is 7.37. The topological polar surface area (TPSA) is 97.5 Å². The van der Waals surface area contributed by atoms with Crippen LogP contribution in [-0.2, 0) is 22.5 Å². The molecule has 0 saturated carbocycles. The first-order chi connectivity index (χ1) is 18.8. The van der Waals surface area contributed by atoms with E-state index in [1.54, 1.807) is 24.3 Å². The van der Waals surface area contributed by atoms with Gasteiger partial charge in [-0.15, -0.1) is 0 Å². The lowest BCUT2D eigenvalue weighted by molar-refractivity contribution is 0.0651. The molecule has 1 N–H and O–H groups in total. The number of rotatable bonds is 11. The van der Waals surface area contributed by atoms with Gasteiger partial charge in [0.15, 0.2) is 8.32 Å². The third-order valence-corrected chi connectivity index (χ3v) is 12.5. The number of hydrogen-bond acceptors (Lipinski definition) is 6. The van der Waals surface area contributed by atoms with Crippen LogP contribution in [0.1, 0.15) is 65.9 Å². The SMILES string of the molecule is CC(O[Si](C)(C)C(C)(C)C)c1nc(-c2ccc(CC([B]OC=N)CN3C(=O)c4ccccc4C3=O)cc2)cn1C. The molecule has 8 nitrogen and oxygen atoms in total. The fourth-order valence-corrected chi connectivity index (χ4v) is 6.07. The second-order valence-corrected chi connectivity index (χ2v) is 16.7. The van der Waals surface area contributed by atoms with Gasteiger partial charge in [0.25, 0.3) is 11.8 Å². The van der Waals surface area contributed by atoms with Crippen LogP contribution in [0, 0.1) is 5.41 Å². The number of imide groups is 1. The van der Waals surface area contributed by atoms with Crippen molar-refractivity contribution in [3.8, 4) is 11.3 Å². The van der Waals surface area contributed by atoms with E-state index in [9.17, 15) is 9.59 Å². The van der Waals surface area contributed by atoms with E-state index in [4.69, 9.17) is 19.5 Å². The molecule has 1 radical (unpaired) electrons. The van der Waals surface area contributed by atoms with Crippen molar-refractivity contribution in [2.24, 2.45) is 7.05 Å². The molecular weight excluding hydrogens is 519 g/mol. The minimum atomic E-state index is -1.94. The standard InChI is InChI=1S/C30H38BN4O4Si/c1-20(39-40(6,7)30(2,3)4)27-33-26(18-34(27)5)22-14-12-21(13-15-22)16-23(31-38-19-32)17-35-28(36)24-10-8-9-11-25(24)29(35)37/h8-15,18-20,23,32H,16-17H2,1-7H3. The zero-order valence-electron chi connectivity index (χ0n) is 24.4. The number of nitrogens with one attached hydrogen (secondary N) is 1. The van der Waals surface area contributed by atoms with Crippen molar-refractivity contribution < 1.29 is 18.7 Å². The maximum atomic E-state index is 12.9. The monoisotopic (exact) mass is 557 g/mol. The average Bonchev–Trinajstić information content (AvgIpc) is 3.40. The molecule has 40 heavy (non-hydrogen) atoms. The van der Waals surface area contributed by atoms with Crippen molar-refractivity contribution in [2.75, 3.05) is 6.54 Å². The Bertz CT molecular complexity index is 1360. The fourth-order valence-electron chi connectivity index (χ4n) is 4.73. The Kier molecular flexibility index (Phi) is 8.51. The summed E-state index contributed by atoms with van der Waals surface area (Å²) in [4.78, 5) is 31.9. The van der Waals surface area contributed by atoms with E-state index in [0.717, 1.165) is 29.0 Å². The van der Waals surface area contributed by atoms with Gasteiger partial charge < -0.3 is 13.6 Å². The first kappa shape index (κ1) is 29.5. The molecule has 2 unspecified atom stereocenters. The summed E-state index contributed by atoms with van der Waals surface area (Å²) < 4.78 is 13.8. The third-order valence-electron chi connectivity index (χ3n) is 7.94. The molecule has 0 saturated heterocycles. The Balaban J connectivity index is 1.46. The normalized spacial score (nSPS) is 15.1. The van der Waals surface area contributed by atoms with Gasteiger partial charge in [-0.25, -0.2) is 4.98 Å². The van der Waals surface area contributed by atoms with Crippen LogP contribution in [0.3, 0.4) is 0 Å². The molecule has 2 amide bonds. The lowest BCUT2D eigenvalue weighted by Gasteiger charge is -2.38. The highest BCUT2D eigenvalue weighted by Gasteiger charge is 2.39. The number of amides is 2. The molecule has 209 valence electrons. The summed E-state index contributed by atoms with van der Waals surface area (Å²) in [5.41, 5.74) is 3.71. The maximum Gasteiger partial charge on any atom is 0.376 e. The number of carbonyl (C=O) groups excluding carboxylic acids is 2. The highest BCUT2D eigenvalue weighted by atomic mass is 28.4. The van der Waals surface area contributed by atoms with Gasteiger partial charge in [-0.1, -0.05) is 57.2 Å². The van der Waals surface area contributed by atoms with Crippen molar-refractivity contribution in [1.82, 2.24) is 14.5 Å². The van der Waals surface area contributed by atoms with Crippen LogP contribution in [-0.4, -0.2) is 55.0 Å². The molecule has 0 bridgehead atoms. The van der Waals surface area contributed by atoms with Crippen LogP contribution in [0.25, 0.3) is 11.3 Å². The molecule has 0 aliphatic carbocycles. The van der Waals surface area contributed by atoms with Crippen molar-refractivity contribution in [1.29, 1.82) is 5.41 Å². The van der Waals surface area contributed by atoms with Crippen molar-refractivity contribution >= 4 is 34.0 Å². The summed E-state index contributed by atoms with van der Waals surface area (Å²) in [6.45, 7) is 13.4. The van der Waals surface area contributed by atoms with Gasteiger partial charge in [0, 0.05) is 25.4 Å². The number of nitrogens with zero attached hydrogens (tertiary/aromatic N) is 3. The van der Waals surface area contributed by atoms with Gasteiger partial charge in [0.05, 0.1) is 16.8 Å². The van der Waals surface area contributed by atoms with Crippen molar-refractivity contribution in [2.45, 2.75) is 64.2 Å². The highest BCUT2D eigenvalue weighted by molar-refractivity contribution is 6.74. The molecule has 1 aromatic heterocycles. The summed E-state index contributed by atoms with van der Waals surface area (Å²) in [6.07, 6.45) is 3.28. The Morgan fingerprint density at radius 3 is 2.20 bits per heavy atom. The number of imidazole rings is 1. The van der Waals surface area contributed by atoms with Gasteiger partial charge in [0.2, 0.25) is 0 Å². The minimum absolute atomic E-state index is 0.115. The van der Waals surface area contributed by atoms with E-state index in [0.29, 0.717) is 17.5 Å². The van der Waals surface area contributed by atoms with Crippen LogP contribution in [0.2, 0.25) is 23.9 Å². The first-order valence-electron chi connectivity index (χ1n) is 13.6. The number of benzene rings is 2. The molecule has 4 rings (SSSR count). The maximum absolute atomic E-state index is 12.9. The smallest absolute Gasteiger partial charge is 0.376 e. The Labute approximate surface area is 238 Å². The number of aryl methyl sites for hydroxylation is 1. The number of aromatic nitrogens is 2. The second-order valence-electron chi connectivity index (χ2n) is 11.9. The van der Waals surface area contributed by atoms with Gasteiger partial charge in [-0.2, -0.15) is 0 Å². The zero-order chi connectivity index (χ0) is 29.2. The molecule has 1 aliphatic rings. The van der Waals surface area contributed by atoms with Crippen molar-refractivity contribution in [3.63, 3.8) is 0 Å². The highest BCUT2D eigenvalue weighted by Crippen LogP contribution is 2.39. The lowest BCUT2D eigenvalue weighted by atomic mass is 9.75. The Morgan fingerprint density at radius 1 is 1.05 bits per heavy atom. The predicted octanol–water partition coefficient (Wildman–Crippen LogP) is 6.04. The van der Waals surface area contributed by atoms with Crippen LogP contribution in [0.15, 0.2) is 54.7 Å². The quantitative estimate of drug-likeness (QED) is 0.134. The summed E-state index contributed by atoms with van der Waals surface area (Å²) >= 11 is 0. The molecule has 2 aromatic carbocycles. The molecule has 1 aliphatic heterocycles. The van der Waals surface area contributed by atoms with E-state index in [-0.39, 0.29) is 35.3 Å². The van der Waals surface area contributed by atoms with E-state index in [2.05, 4.69) is 40.8 Å². The first-order valence-corrected chi connectivity index (χ1v) is 16.5. The van der Waals surface area contributed by atoms with Crippen LogP contribution in [0.4, 0.5) is 0 Å². The molecule has 0 spiro atoms. The van der Waals surface area contributed by atoms with Gasteiger partial charge >= 0.3 is 7.48 Å². The zero-order valence-corrected chi connectivity index (χ0v) is 25.4. The molecular formula is C30H38BN4O4Si. The van der Waals surface area contributed by atoms with E-state index >= 15 is 0 Å². The predicted molar refractivity (Wildman–Crippen MR) is 160 cm³/mol. The fraction of sp³-hybridized carbons (Fsp3) is 0.400. The van der Waals surface area contributed by atoms with Gasteiger partial charge in [-0.05, 0) is 55.0 Å². The van der Waals surface area contributed by atoms with Crippen LogP contribution >= 0.6 is 0 Å². The second kappa shape index (κ2) is 11.5. The van der Waals surface area contributed by atoms with Gasteiger partial charge in [0.1, 0.15) is 18.3 Å². The molecule has 10 heteroatoms.